The van der Waals surface area contributed by atoms with Crippen LogP contribution in [-0.4, -0.2) is 25.2 Å². The summed E-state index contributed by atoms with van der Waals surface area (Å²) in [6, 6.07) is 4.16. The van der Waals surface area contributed by atoms with Gasteiger partial charge < -0.3 is 5.73 Å². The van der Waals surface area contributed by atoms with E-state index in [1.807, 2.05) is 0 Å². The molecule has 5 nitrogen and oxygen atoms in total. The van der Waals surface area contributed by atoms with Gasteiger partial charge in [-0.3, -0.25) is 10.1 Å². The van der Waals surface area contributed by atoms with Gasteiger partial charge in [0.2, 0.25) is 5.91 Å². The van der Waals surface area contributed by atoms with E-state index < -0.39 is 32.5 Å². The summed E-state index contributed by atoms with van der Waals surface area (Å²) in [5.41, 5.74) is 5.30. The van der Waals surface area contributed by atoms with Crippen molar-refractivity contribution in [2.75, 3.05) is 0 Å². The van der Waals surface area contributed by atoms with Crippen molar-refractivity contribution < 1.29 is 17.6 Å². The number of hydrogen-bond acceptors (Lipinski definition) is 4. The maximum Gasteiger partial charge on any atom is 0.234 e. The summed E-state index contributed by atoms with van der Waals surface area (Å²) >= 11 is 0. The molecule has 0 spiro atoms. The van der Waals surface area contributed by atoms with Crippen molar-refractivity contribution in [3.63, 3.8) is 0 Å². The summed E-state index contributed by atoms with van der Waals surface area (Å²) < 4.78 is 38.4. The average Bonchev–Trinajstić information content (AvgIpc) is 2.99. The Morgan fingerprint density at radius 1 is 1.35 bits per heavy atom. The molecule has 2 fully saturated rings. The zero-order valence-corrected chi connectivity index (χ0v) is 11.5. The quantitative estimate of drug-likeness (QED) is 0.798. The molecule has 1 amide bonds. The van der Waals surface area contributed by atoms with Crippen LogP contribution < -0.4 is 11.1 Å². The molecule has 0 radical (unpaired) electrons. The first-order valence-corrected chi connectivity index (χ1v) is 7.91. The zero-order chi connectivity index (χ0) is 14.5. The Kier molecular flexibility index (Phi) is 2.88. The number of carbonyl (C=O) groups is 1. The second-order valence-electron chi connectivity index (χ2n) is 5.48. The Morgan fingerprint density at radius 3 is 2.55 bits per heavy atom. The summed E-state index contributed by atoms with van der Waals surface area (Å²) in [5.74, 6) is -1.05. The fraction of sp³-hybridized carbons (Fsp3) is 0.462. The highest BCUT2D eigenvalue weighted by Gasteiger charge is 2.59. The van der Waals surface area contributed by atoms with Crippen molar-refractivity contribution in [3.05, 3.63) is 30.1 Å². The topological polar surface area (TPSA) is 89.3 Å². The Balaban J connectivity index is 2.00. The molecule has 2 bridgehead atoms. The van der Waals surface area contributed by atoms with Gasteiger partial charge in [-0.05, 0) is 49.4 Å². The van der Waals surface area contributed by atoms with Gasteiger partial charge >= 0.3 is 0 Å². The number of primary amides is 1. The van der Waals surface area contributed by atoms with Gasteiger partial charge in [-0.15, -0.1) is 0 Å². The molecular formula is C13H15FN2O3S. The van der Waals surface area contributed by atoms with Crippen LogP contribution in [0.1, 0.15) is 19.3 Å². The highest BCUT2D eigenvalue weighted by atomic mass is 32.2. The van der Waals surface area contributed by atoms with E-state index in [0.29, 0.717) is 19.3 Å². The first kappa shape index (κ1) is 13.5. The number of fused-ring (bicyclic) bond motifs is 2. The fourth-order valence-corrected chi connectivity index (χ4v) is 5.38. The van der Waals surface area contributed by atoms with Crippen molar-refractivity contribution in [3.8, 4) is 0 Å². The maximum absolute atomic E-state index is 12.9. The standard InChI is InChI=1S/C13H15FN2O3S/c14-9-1-3-10(4-2-9)20(18,19)13-6-5-8(7-13)11(16-13)12(15)17/h1-4,8,11,16H,5-7H2,(H2,15,17). The lowest BCUT2D eigenvalue weighted by molar-refractivity contribution is -0.120. The highest BCUT2D eigenvalue weighted by Crippen LogP contribution is 2.48. The molecule has 20 heavy (non-hydrogen) atoms. The normalized spacial score (nSPS) is 32.5. The van der Waals surface area contributed by atoms with Gasteiger partial charge in [0.1, 0.15) is 10.7 Å². The average molecular weight is 298 g/mol. The predicted molar refractivity (Wildman–Crippen MR) is 69.8 cm³/mol. The van der Waals surface area contributed by atoms with E-state index >= 15 is 0 Å². The number of benzene rings is 1. The second-order valence-corrected chi connectivity index (χ2v) is 7.74. The van der Waals surface area contributed by atoms with Gasteiger partial charge in [0, 0.05) is 0 Å². The molecule has 1 aromatic carbocycles. The third kappa shape index (κ3) is 1.76. The molecule has 3 N–H and O–H groups in total. The maximum atomic E-state index is 12.9. The van der Waals surface area contributed by atoms with Crippen LogP contribution in [0, 0.1) is 11.7 Å². The Labute approximate surface area is 116 Å². The SMILES string of the molecule is NC(=O)C1NC2(S(=O)(=O)c3ccc(F)cc3)CCC1C2. The Morgan fingerprint density at radius 2 is 2.00 bits per heavy atom. The monoisotopic (exact) mass is 298 g/mol. The van der Waals surface area contributed by atoms with E-state index in [1.165, 1.54) is 12.1 Å². The number of piperidine rings is 1. The third-order valence-corrected chi connectivity index (χ3v) is 6.76. The fourth-order valence-electron chi connectivity index (χ4n) is 3.33. The van der Waals surface area contributed by atoms with Crippen LogP contribution in [0.5, 0.6) is 0 Å². The number of rotatable bonds is 3. The van der Waals surface area contributed by atoms with E-state index in [-0.39, 0.29) is 10.8 Å². The molecule has 1 saturated heterocycles. The van der Waals surface area contributed by atoms with Crippen LogP contribution in [0.2, 0.25) is 0 Å². The zero-order valence-electron chi connectivity index (χ0n) is 10.7. The molecule has 3 unspecified atom stereocenters. The molecule has 108 valence electrons. The molecule has 0 aromatic heterocycles. The number of nitrogens with one attached hydrogen (secondary N) is 1. The molecule has 1 aliphatic carbocycles. The van der Waals surface area contributed by atoms with Crippen LogP contribution in [0.3, 0.4) is 0 Å². The minimum absolute atomic E-state index is 0.0391. The van der Waals surface area contributed by atoms with E-state index in [9.17, 15) is 17.6 Å². The van der Waals surface area contributed by atoms with Crippen LogP contribution in [0.25, 0.3) is 0 Å². The van der Waals surface area contributed by atoms with Crippen LogP contribution in [-0.2, 0) is 14.6 Å². The summed E-state index contributed by atoms with van der Waals surface area (Å²) in [4.78, 5) is 10.3. The second kappa shape index (κ2) is 4.26. The van der Waals surface area contributed by atoms with E-state index in [1.54, 1.807) is 0 Å². The van der Waals surface area contributed by atoms with Gasteiger partial charge in [0.05, 0.1) is 10.9 Å². The van der Waals surface area contributed by atoms with Crippen molar-refractivity contribution in [1.29, 1.82) is 0 Å². The van der Waals surface area contributed by atoms with Crippen LogP contribution >= 0.6 is 0 Å². The van der Waals surface area contributed by atoms with Gasteiger partial charge in [-0.25, -0.2) is 12.8 Å². The summed E-state index contributed by atoms with van der Waals surface area (Å²) in [7, 11) is -3.68. The van der Waals surface area contributed by atoms with E-state index in [0.717, 1.165) is 12.1 Å². The van der Waals surface area contributed by atoms with E-state index in [4.69, 9.17) is 5.73 Å². The van der Waals surface area contributed by atoms with Crippen molar-refractivity contribution >= 4 is 15.7 Å². The highest BCUT2D eigenvalue weighted by molar-refractivity contribution is 7.92. The lowest BCUT2D eigenvalue weighted by Crippen LogP contribution is -2.54. The molecular weight excluding hydrogens is 283 g/mol. The number of hydrogen-bond donors (Lipinski definition) is 2. The van der Waals surface area contributed by atoms with Gasteiger partial charge in [-0.1, -0.05) is 0 Å². The molecule has 1 aliphatic heterocycles. The summed E-state index contributed by atoms with van der Waals surface area (Å²) in [6.07, 6.45) is 1.47. The Bertz CT molecular complexity index is 659. The van der Waals surface area contributed by atoms with Crippen molar-refractivity contribution in [1.82, 2.24) is 5.32 Å². The largest absolute Gasteiger partial charge is 0.368 e. The minimum Gasteiger partial charge on any atom is -0.368 e. The van der Waals surface area contributed by atoms with Gasteiger partial charge in [-0.2, -0.15) is 0 Å². The first-order valence-electron chi connectivity index (χ1n) is 6.43. The van der Waals surface area contributed by atoms with Crippen LogP contribution in [0.15, 0.2) is 29.2 Å². The summed E-state index contributed by atoms with van der Waals surface area (Å²) in [5, 5.41) is 2.90. The molecule has 7 heteroatoms. The molecule has 1 heterocycles. The number of nitrogens with two attached hydrogens (primary N) is 1. The van der Waals surface area contributed by atoms with Crippen LogP contribution in [0.4, 0.5) is 4.39 Å². The molecule has 2 aliphatic rings. The lowest BCUT2D eigenvalue weighted by atomic mass is 10.00. The Hall–Kier alpha value is -1.47. The lowest BCUT2D eigenvalue weighted by Gasteiger charge is -2.30. The smallest absolute Gasteiger partial charge is 0.234 e. The van der Waals surface area contributed by atoms with E-state index in [2.05, 4.69) is 5.32 Å². The molecule has 3 atom stereocenters. The predicted octanol–water partition coefficient (Wildman–Crippen LogP) is 0.553. The third-order valence-electron chi connectivity index (χ3n) is 4.35. The molecule has 1 aromatic rings. The summed E-state index contributed by atoms with van der Waals surface area (Å²) in [6.45, 7) is 0. The first-order chi connectivity index (χ1) is 9.36. The number of halogens is 1. The van der Waals surface area contributed by atoms with Gasteiger partial charge in [0.15, 0.2) is 9.84 Å². The molecule has 1 saturated carbocycles. The number of amides is 1. The molecule has 3 rings (SSSR count). The van der Waals surface area contributed by atoms with Crippen molar-refractivity contribution in [2.24, 2.45) is 11.7 Å². The number of carbonyl (C=O) groups excluding carboxylic acids is 1. The minimum atomic E-state index is -3.68. The van der Waals surface area contributed by atoms with Gasteiger partial charge in [0.25, 0.3) is 0 Å². The van der Waals surface area contributed by atoms with Crippen molar-refractivity contribution in [2.45, 2.75) is 35.1 Å². The number of sulfone groups is 1.